The molecule has 0 atom stereocenters. The summed E-state index contributed by atoms with van der Waals surface area (Å²) >= 11 is 4.44. The van der Waals surface area contributed by atoms with E-state index in [1.165, 1.54) is 9.58 Å². The molecule has 1 heterocycles. The van der Waals surface area contributed by atoms with Crippen LogP contribution in [0.1, 0.15) is 30.8 Å². The van der Waals surface area contributed by atoms with Crippen LogP contribution in [0.2, 0.25) is 0 Å². The molecule has 0 saturated carbocycles. The summed E-state index contributed by atoms with van der Waals surface area (Å²) in [5.41, 5.74) is 2.53. The van der Waals surface area contributed by atoms with E-state index < -0.39 is 12.0 Å². The Morgan fingerprint density at radius 3 is 2.22 bits per heavy atom. The Balaban J connectivity index is 2.70. The molecule has 0 aliphatic carbocycles. The number of hydrogen-bond donors (Lipinski definition) is 1. The lowest BCUT2D eigenvalue weighted by Crippen LogP contribution is -2.16. The first-order chi connectivity index (χ1) is 10.7. The zero-order valence-electron chi connectivity index (χ0n) is 13.4. The molecule has 0 amide bonds. The van der Waals surface area contributed by atoms with Crippen LogP contribution in [-0.4, -0.2) is 28.9 Å². The van der Waals surface area contributed by atoms with Gasteiger partial charge in [0.25, 0.3) is 5.82 Å². The van der Waals surface area contributed by atoms with Crippen LogP contribution < -0.4 is 4.90 Å². The van der Waals surface area contributed by atoms with Gasteiger partial charge in [0.1, 0.15) is 0 Å². The molecule has 0 unspecified atom stereocenters. The Morgan fingerprint density at radius 1 is 1.13 bits per heavy atom. The van der Waals surface area contributed by atoms with Gasteiger partial charge in [-0.05, 0) is 30.0 Å². The zero-order valence-corrected chi connectivity index (χ0v) is 14.3. The minimum Gasteiger partial charge on any atom is -0.347 e. The monoisotopic (exact) mass is 344 g/mol. The summed E-state index contributed by atoms with van der Waals surface area (Å²) < 4.78 is 40.1. The number of anilines is 1. The van der Waals surface area contributed by atoms with Gasteiger partial charge in [-0.2, -0.15) is 22.8 Å². The molecule has 8 heteroatoms. The van der Waals surface area contributed by atoms with Crippen LogP contribution in [0.4, 0.5) is 19.1 Å². The van der Waals surface area contributed by atoms with Crippen molar-refractivity contribution in [2.45, 2.75) is 37.8 Å². The molecule has 4 nitrogen and oxygen atoms in total. The van der Waals surface area contributed by atoms with Gasteiger partial charge in [0, 0.05) is 19.0 Å². The van der Waals surface area contributed by atoms with E-state index in [1.54, 1.807) is 20.2 Å². The van der Waals surface area contributed by atoms with E-state index in [1.807, 2.05) is 19.9 Å². The second-order valence-electron chi connectivity index (χ2n) is 5.36. The first-order valence-corrected chi connectivity index (χ1v) is 7.70. The molecule has 1 aromatic carbocycles. The second kappa shape index (κ2) is 6.43. The summed E-state index contributed by atoms with van der Waals surface area (Å²) in [6, 6.07) is 3.72. The van der Waals surface area contributed by atoms with Gasteiger partial charge in [0.2, 0.25) is 5.95 Å². The summed E-state index contributed by atoms with van der Waals surface area (Å²) in [7, 11) is 3.27. The first kappa shape index (κ1) is 17.7. The lowest BCUT2D eigenvalue weighted by molar-refractivity contribution is -0.144. The van der Waals surface area contributed by atoms with Crippen LogP contribution >= 0.6 is 12.6 Å². The summed E-state index contributed by atoms with van der Waals surface area (Å²) in [4.78, 5) is 5.87. The lowest BCUT2D eigenvalue weighted by Gasteiger charge is -2.16. The molecule has 0 radical (unpaired) electrons. The molecular weight excluding hydrogens is 325 g/mol. The molecule has 1 aromatic heterocycles. The molecule has 2 rings (SSSR count). The fraction of sp³-hybridized carbons (Fsp3) is 0.467. The number of aromatic nitrogens is 3. The molecular formula is C15H19F3N4S. The number of aryl methyl sites for hydroxylation is 2. The third-order valence-corrected chi connectivity index (χ3v) is 3.93. The molecule has 0 N–H and O–H groups in total. The van der Waals surface area contributed by atoms with Crippen molar-refractivity contribution in [1.82, 2.24) is 14.8 Å². The third-order valence-electron chi connectivity index (χ3n) is 3.51. The van der Waals surface area contributed by atoms with Gasteiger partial charge in [-0.15, -0.1) is 17.7 Å². The minimum absolute atomic E-state index is 0.129. The molecule has 2 aromatic rings. The Bertz CT molecular complexity index is 707. The van der Waals surface area contributed by atoms with Gasteiger partial charge < -0.3 is 4.90 Å². The van der Waals surface area contributed by atoms with Gasteiger partial charge in [-0.3, -0.25) is 0 Å². The highest BCUT2D eigenvalue weighted by Gasteiger charge is 2.37. The molecule has 126 valence electrons. The zero-order chi connectivity index (χ0) is 17.4. The lowest BCUT2D eigenvalue weighted by atomic mass is 10.0. The van der Waals surface area contributed by atoms with Crippen LogP contribution in [0.15, 0.2) is 17.0 Å². The van der Waals surface area contributed by atoms with E-state index in [4.69, 9.17) is 0 Å². The number of benzene rings is 1. The van der Waals surface area contributed by atoms with Gasteiger partial charge in [0.05, 0.1) is 5.69 Å². The maximum Gasteiger partial charge on any atom is 0.453 e. The van der Waals surface area contributed by atoms with E-state index in [0.29, 0.717) is 12.1 Å². The van der Waals surface area contributed by atoms with Crippen molar-refractivity contribution in [3.8, 4) is 5.69 Å². The standard InChI is InChI=1S/C15H19F3N4S/c1-5-9-7-10(6-2)12(23)8-11(9)22-14(21(3)4)19-13(20-22)15(16,17)18/h7-8,23H,5-6H2,1-4H3. The van der Waals surface area contributed by atoms with E-state index in [9.17, 15) is 13.2 Å². The van der Waals surface area contributed by atoms with Gasteiger partial charge in [-0.25, -0.2) is 0 Å². The fourth-order valence-electron chi connectivity index (χ4n) is 2.31. The van der Waals surface area contributed by atoms with Crippen molar-refractivity contribution in [3.63, 3.8) is 0 Å². The highest BCUT2D eigenvalue weighted by atomic mass is 32.1. The third kappa shape index (κ3) is 3.46. The Hall–Kier alpha value is -1.70. The number of halogens is 3. The predicted octanol–water partition coefficient (Wildman–Crippen LogP) is 3.77. The van der Waals surface area contributed by atoms with Gasteiger partial charge in [-0.1, -0.05) is 19.9 Å². The summed E-state index contributed by atoms with van der Waals surface area (Å²) in [6.45, 7) is 3.96. The van der Waals surface area contributed by atoms with E-state index in [0.717, 1.165) is 22.4 Å². The Kier molecular flexibility index (Phi) is 4.93. The highest BCUT2D eigenvalue weighted by molar-refractivity contribution is 7.80. The SMILES string of the molecule is CCc1cc(CC)c(-n2nc(C(F)(F)F)nc2N(C)C)cc1S. The average molecular weight is 344 g/mol. The summed E-state index contributed by atoms with van der Waals surface area (Å²) in [6.07, 6.45) is -3.11. The van der Waals surface area contributed by atoms with E-state index in [-0.39, 0.29) is 5.95 Å². The number of nitrogens with zero attached hydrogens (tertiary/aromatic N) is 4. The van der Waals surface area contributed by atoms with Crippen LogP contribution in [0.25, 0.3) is 5.69 Å². The topological polar surface area (TPSA) is 34.0 Å². The largest absolute Gasteiger partial charge is 0.453 e. The maximum absolute atomic E-state index is 13.0. The summed E-state index contributed by atoms with van der Waals surface area (Å²) in [5.74, 6) is -1.02. The van der Waals surface area contributed by atoms with Crippen molar-refractivity contribution < 1.29 is 13.2 Å². The van der Waals surface area contributed by atoms with Crippen LogP contribution in [-0.2, 0) is 19.0 Å². The van der Waals surface area contributed by atoms with Crippen molar-refractivity contribution in [3.05, 3.63) is 29.1 Å². The van der Waals surface area contributed by atoms with Gasteiger partial charge >= 0.3 is 6.18 Å². The Morgan fingerprint density at radius 2 is 1.74 bits per heavy atom. The van der Waals surface area contributed by atoms with Crippen molar-refractivity contribution in [1.29, 1.82) is 0 Å². The molecule has 0 fully saturated rings. The quantitative estimate of drug-likeness (QED) is 0.858. The maximum atomic E-state index is 13.0. The van der Waals surface area contributed by atoms with Crippen LogP contribution in [0.3, 0.4) is 0 Å². The van der Waals surface area contributed by atoms with E-state index in [2.05, 4.69) is 22.7 Å². The number of alkyl halides is 3. The van der Waals surface area contributed by atoms with Crippen molar-refractivity contribution in [2.75, 3.05) is 19.0 Å². The summed E-state index contributed by atoms with van der Waals surface area (Å²) in [5, 5.41) is 3.68. The number of rotatable bonds is 4. The minimum atomic E-state index is -4.59. The average Bonchev–Trinajstić information content (AvgIpc) is 2.92. The van der Waals surface area contributed by atoms with Gasteiger partial charge in [0.15, 0.2) is 0 Å². The Labute approximate surface area is 138 Å². The molecule has 0 spiro atoms. The molecule has 0 aliphatic rings. The smallest absolute Gasteiger partial charge is 0.347 e. The number of hydrogen-bond acceptors (Lipinski definition) is 4. The molecule has 0 bridgehead atoms. The van der Waals surface area contributed by atoms with Crippen molar-refractivity contribution >= 4 is 18.6 Å². The van der Waals surface area contributed by atoms with E-state index >= 15 is 0 Å². The predicted molar refractivity (Wildman–Crippen MR) is 86.7 cm³/mol. The first-order valence-electron chi connectivity index (χ1n) is 7.25. The number of thiol groups is 1. The molecule has 0 saturated heterocycles. The normalized spacial score (nSPS) is 11.8. The molecule has 23 heavy (non-hydrogen) atoms. The van der Waals surface area contributed by atoms with Crippen molar-refractivity contribution in [2.24, 2.45) is 0 Å². The fourth-order valence-corrected chi connectivity index (χ4v) is 2.66. The second-order valence-corrected chi connectivity index (χ2v) is 5.84. The molecule has 0 aliphatic heterocycles. The highest BCUT2D eigenvalue weighted by Crippen LogP contribution is 2.31. The van der Waals surface area contributed by atoms with Crippen LogP contribution in [0.5, 0.6) is 0 Å². The van der Waals surface area contributed by atoms with Crippen LogP contribution in [0, 0.1) is 0 Å².